The van der Waals surface area contributed by atoms with Crippen molar-refractivity contribution in [2.24, 2.45) is 5.92 Å². The molecule has 1 aliphatic heterocycles. The number of rotatable bonds is 6. The predicted octanol–water partition coefficient (Wildman–Crippen LogP) is 2.35. The van der Waals surface area contributed by atoms with Crippen molar-refractivity contribution < 1.29 is 22.7 Å². The van der Waals surface area contributed by atoms with Crippen LogP contribution in [0.5, 0.6) is 0 Å². The second-order valence-electron chi connectivity index (χ2n) is 7.30. The van der Waals surface area contributed by atoms with E-state index >= 15 is 0 Å². The van der Waals surface area contributed by atoms with E-state index < -0.39 is 16.0 Å². The van der Waals surface area contributed by atoms with Crippen LogP contribution in [0.4, 0.5) is 0 Å². The van der Waals surface area contributed by atoms with Gasteiger partial charge in [-0.1, -0.05) is 12.1 Å². The number of nitrogens with zero attached hydrogens (tertiary/aromatic N) is 1. The Bertz CT molecular complexity index is 810. The molecule has 1 aromatic carbocycles. The van der Waals surface area contributed by atoms with E-state index in [2.05, 4.69) is 0 Å². The maximum atomic E-state index is 12.4. The molecule has 0 radical (unpaired) electrons. The summed E-state index contributed by atoms with van der Waals surface area (Å²) >= 11 is 0. The molecule has 3 rings (SSSR count). The van der Waals surface area contributed by atoms with Crippen LogP contribution in [0.1, 0.15) is 54.1 Å². The summed E-state index contributed by atoms with van der Waals surface area (Å²) in [6, 6.07) is 5.75. The molecule has 0 spiro atoms. The molecule has 7 heteroatoms. The largest absolute Gasteiger partial charge is 0.457 e. The third-order valence-electron chi connectivity index (χ3n) is 5.56. The standard InChI is InChI=1S/C20H27NO5S/c1-2-27(24,25)21-11-9-16(10-12-21)20(23)26-14-19(22)18-8-7-15-5-3-4-6-17(15)13-18/h7-8,13,16H,2-6,9-12,14H2,1H3. The van der Waals surface area contributed by atoms with E-state index in [1.807, 2.05) is 18.2 Å². The van der Waals surface area contributed by atoms with Crippen molar-refractivity contribution in [1.82, 2.24) is 4.31 Å². The first-order chi connectivity index (χ1) is 12.9. The Morgan fingerprint density at radius 1 is 1.11 bits per heavy atom. The maximum absolute atomic E-state index is 12.4. The molecule has 0 N–H and O–H groups in total. The van der Waals surface area contributed by atoms with Gasteiger partial charge in [0.25, 0.3) is 0 Å². The smallest absolute Gasteiger partial charge is 0.309 e. The molecule has 0 saturated carbocycles. The number of esters is 1. The molecule has 0 aromatic heterocycles. The molecule has 0 amide bonds. The first-order valence-electron chi connectivity index (χ1n) is 9.70. The van der Waals surface area contributed by atoms with Crippen molar-refractivity contribution in [3.05, 3.63) is 34.9 Å². The minimum absolute atomic E-state index is 0.0669. The number of carbonyl (C=O) groups excluding carboxylic acids is 2. The summed E-state index contributed by atoms with van der Waals surface area (Å²) in [7, 11) is -3.21. The van der Waals surface area contributed by atoms with Gasteiger partial charge in [0.05, 0.1) is 11.7 Å². The molecule has 0 atom stereocenters. The quantitative estimate of drug-likeness (QED) is 0.547. The van der Waals surface area contributed by atoms with Gasteiger partial charge in [-0.2, -0.15) is 0 Å². The van der Waals surface area contributed by atoms with Gasteiger partial charge in [0.15, 0.2) is 12.4 Å². The summed E-state index contributed by atoms with van der Waals surface area (Å²) in [5, 5.41) is 0. The summed E-state index contributed by atoms with van der Waals surface area (Å²) in [5.41, 5.74) is 3.12. The molecule has 1 fully saturated rings. The fraction of sp³-hybridized carbons (Fsp3) is 0.600. The lowest BCUT2D eigenvalue weighted by Gasteiger charge is -2.29. The third kappa shape index (κ3) is 4.76. The Labute approximate surface area is 160 Å². The maximum Gasteiger partial charge on any atom is 0.309 e. The van der Waals surface area contributed by atoms with Crippen LogP contribution in [0, 0.1) is 5.92 Å². The monoisotopic (exact) mass is 393 g/mol. The summed E-state index contributed by atoms with van der Waals surface area (Å²) in [4.78, 5) is 24.6. The van der Waals surface area contributed by atoms with Crippen LogP contribution in [-0.4, -0.2) is 49.9 Å². The molecule has 0 bridgehead atoms. The average molecular weight is 394 g/mol. The van der Waals surface area contributed by atoms with Crippen molar-refractivity contribution in [1.29, 1.82) is 0 Å². The zero-order valence-electron chi connectivity index (χ0n) is 15.8. The molecule has 27 heavy (non-hydrogen) atoms. The second kappa shape index (κ2) is 8.52. The Hall–Kier alpha value is -1.73. The lowest BCUT2D eigenvalue weighted by molar-refractivity contribution is -0.148. The van der Waals surface area contributed by atoms with Crippen LogP contribution in [0.15, 0.2) is 18.2 Å². The molecule has 1 aliphatic carbocycles. The van der Waals surface area contributed by atoms with Gasteiger partial charge >= 0.3 is 5.97 Å². The first-order valence-corrected chi connectivity index (χ1v) is 11.3. The van der Waals surface area contributed by atoms with E-state index in [-0.39, 0.29) is 24.1 Å². The molecular formula is C20H27NO5S. The van der Waals surface area contributed by atoms with Gasteiger partial charge in [-0.25, -0.2) is 12.7 Å². The van der Waals surface area contributed by atoms with Gasteiger partial charge < -0.3 is 4.74 Å². The molecule has 0 unspecified atom stereocenters. The van der Waals surface area contributed by atoms with Crippen LogP contribution in [-0.2, 0) is 32.4 Å². The van der Waals surface area contributed by atoms with Crippen LogP contribution in [0.2, 0.25) is 0 Å². The number of benzene rings is 1. The lowest BCUT2D eigenvalue weighted by atomic mass is 9.90. The number of hydrogen-bond donors (Lipinski definition) is 0. The van der Waals surface area contributed by atoms with Crippen molar-refractivity contribution in [3.63, 3.8) is 0 Å². The van der Waals surface area contributed by atoms with Gasteiger partial charge in [-0.3, -0.25) is 9.59 Å². The lowest BCUT2D eigenvalue weighted by Crippen LogP contribution is -2.41. The highest BCUT2D eigenvalue weighted by Crippen LogP contribution is 2.23. The minimum Gasteiger partial charge on any atom is -0.457 e. The Kier molecular flexibility index (Phi) is 6.32. The molecule has 6 nitrogen and oxygen atoms in total. The molecule has 148 valence electrons. The van der Waals surface area contributed by atoms with Crippen LogP contribution >= 0.6 is 0 Å². The van der Waals surface area contributed by atoms with Crippen molar-refractivity contribution in [2.75, 3.05) is 25.4 Å². The van der Waals surface area contributed by atoms with E-state index in [1.54, 1.807) is 6.92 Å². The number of aryl methyl sites for hydroxylation is 2. The molecule has 2 aliphatic rings. The van der Waals surface area contributed by atoms with Gasteiger partial charge in [-0.05, 0) is 62.6 Å². The normalized spacial score (nSPS) is 18.7. The van der Waals surface area contributed by atoms with Gasteiger partial charge in [0.1, 0.15) is 0 Å². The Morgan fingerprint density at radius 2 is 1.78 bits per heavy atom. The SMILES string of the molecule is CCS(=O)(=O)N1CCC(C(=O)OCC(=O)c2ccc3c(c2)CCCC3)CC1. The van der Waals surface area contributed by atoms with E-state index in [0.29, 0.717) is 31.5 Å². The minimum atomic E-state index is -3.21. The first kappa shape index (κ1) is 20.0. The number of carbonyl (C=O) groups is 2. The summed E-state index contributed by atoms with van der Waals surface area (Å²) in [6.07, 6.45) is 5.26. The number of sulfonamides is 1. The van der Waals surface area contributed by atoms with E-state index in [0.717, 1.165) is 19.3 Å². The Morgan fingerprint density at radius 3 is 2.44 bits per heavy atom. The van der Waals surface area contributed by atoms with E-state index in [1.165, 1.54) is 21.9 Å². The second-order valence-corrected chi connectivity index (χ2v) is 9.55. The topological polar surface area (TPSA) is 80.8 Å². The number of ether oxygens (including phenoxy) is 1. The van der Waals surface area contributed by atoms with Crippen molar-refractivity contribution >= 4 is 21.8 Å². The van der Waals surface area contributed by atoms with E-state index in [4.69, 9.17) is 4.74 Å². The van der Waals surface area contributed by atoms with Crippen LogP contribution in [0.25, 0.3) is 0 Å². The predicted molar refractivity (Wildman–Crippen MR) is 102 cm³/mol. The third-order valence-corrected chi connectivity index (χ3v) is 7.44. The highest BCUT2D eigenvalue weighted by molar-refractivity contribution is 7.89. The highest BCUT2D eigenvalue weighted by atomic mass is 32.2. The van der Waals surface area contributed by atoms with Gasteiger partial charge in [-0.15, -0.1) is 0 Å². The Balaban J connectivity index is 1.50. The number of ketones is 1. The molecule has 1 heterocycles. The number of fused-ring (bicyclic) bond motifs is 1. The van der Waals surface area contributed by atoms with Crippen molar-refractivity contribution in [3.8, 4) is 0 Å². The summed E-state index contributed by atoms with van der Waals surface area (Å²) < 4.78 is 30.4. The average Bonchev–Trinajstić information content (AvgIpc) is 2.71. The van der Waals surface area contributed by atoms with Crippen LogP contribution < -0.4 is 0 Å². The molecule has 1 aromatic rings. The molecule has 1 saturated heterocycles. The molecular weight excluding hydrogens is 366 g/mol. The number of piperidine rings is 1. The van der Waals surface area contributed by atoms with Crippen molar-refractivity contribution in [2.45, 2.75) is 45.4 Å². The van der Waals surface area contributed by atoms with Gasteiger partial charge in [0, 0.05) is 18.7 Å². The van der Waals surface area contributed by atoms with E-state index in [9.17, 15) is 18.0 Å². The number of Topliss-reactive ketones (excluding diaryl/α,β-unsaturated/α-hetero) is 1. The summed E-state index contributed by atoms with van der Waals surface area (Å²) in [6.45, 7) is 2.01. The zero-order valence-corrected chi connectivity index (χ0v) is 16.6. The number of hydrogen-bond acceptors (Lipinski definition) is 5. The fourth-order valence-corrected chi connectivity index (χ4v) is 4.93. The summed E-state index contributed by atoms with van der Waals surface area (Å²) in [5.74, 6) is -0.876. The van der Waals surface area contributed by atoms with Gasteiger partial charge in [0.2, 0.25) is 10.0 Å². The zero-order chi connectivity index (χ0) is 19.4. The highest BCUT2D eigenvalue weighted by Gasteiger charge is 2.31. The fourth-order valence-electron chi connectivity index (χ4n) is 3.80. The van der Waals surface area contributed by atoms with Crippen LogP contribution in [0.3, 0.4) is 0 Å².